The van der Waals surface area contributed by atoms with Crippen molar-refractivity contribution in [1.29, 1.82) is 0 Å². The van der Waals surface area contributed by atoms with Gasteiger partial charge in [0.05, 0.1) is 0 Å². The van der Waals surface area contributed by atoms with Crippen LogP contribution in [-0.4, -0.2) is 14.0 Å². The summed E-state index contributed by atoms with van der Waals surface area (Å²) in [4.78, 5) is 0. The van der Waals surface area contributed by atoms with Crippen LogP contribution in [0.2, 0.25) is 6.32 Å². The molecule has 1 aliphatic carbocycles. The lowest BCUT2D eigenvalue weighted by Gasteiger charge is -2.09. The second-order valence-electron chi connectivity index (χ2n) is 2.36. The van der Waals surface area contributed by atoms with Crippen LogP contribution in [0, 0.1) is 0 Å². The summed E-state index contributed by atoms with van der Waals surface area (Å²) in [6.07, 6.45) is 2.40. The molecule has 0 heterocycles. The highest BCUT2D eigenvalue weighted by Crippen LogP contribution is 2.23. The Balaban J connectivity index is 2.73. The van der Waals surface area contributed by atoms with E-state index < -0.39 is 6.17 Å². The van der Waals surface area contributed by atoms with Gasteiger partial charge in [0.1, 0.15) is 19.8 Å². The molecule has 0 aliphatic heterocycles. The van der Waals surface area contributed by atoms with Gasteiger partial charge in [0.2, 0.25) is 0 Å². The Bertz CT molecular complexity index is 184. The zero-order chi connectivity index (χ0) is 7.56. The van der Waals surface area contributed by atoms with Gasteiger partial charge in [-0.3, -0.25) is 0 Å². The van der Waals surface area contributed by atoms with Gasteiger partial charge in [0, 0.05) is 6.42 Å². The van der Waals surface area contributed by atoms with E-state index in [2.05, 4.69) is 0 Å². The van der Waals surface area contributed by atoms with Gasteiger partial charge in [-0.05, 0) is 11.6 Å². The van der Waals surface area contributed by atoms with E-state index >= 15 is 0 Å². The zero-order valence-electron chi connectivity index (χ0n) is 5.90. The molecule has 0 fully saturated rings. The van der Waals surface area contributed by atoms with E-state index in [1.165, 1.54) is 12.2 Å². The highest BCUT2D eigenvalue weighted by molar-refractivity contribution is 6.10. The molecule has 3 heteroatoms. The van der Waals surface area contributed by atoms with Crippen LogP contribution in [0.15, 0.2) is 23.6 Å². The SMILES string of the molecule is BCC1=C(F)CC(F)C=C1. The van der Waals surface area contributed by atoms with Crippen LogP contribution in [0.25, 0.3) is 0 Å². The molecule has 1 unspecified atom stereocenters. The molecule has 0 aromatic carbocycles. The minimum atomic E-state index is -1.12. The van der Waals surface area contributed by atoms with Crippen LogP contribution < -0.4 is 0 Å². The predicted molar refractivity (Wildman–Crippen MR) is 40.1 cm³/mol. The number of allylic oxidation sites excluding steroid dienone is 4. The first-order chi connectivity index (χ1) is 4.74. The number of rotatable bonds is 1. The second-order valence-corrected chi connectivity index (χ2v) is 2.36. The Morgan fingerprint density at radius 2 is 2.40 bits per heavy atom. The van der Waals surface area contributed by atoms with Crippen molar-refractivity contribution in [2.45, 2.75) is 18.9 Å². The molecule has 0 saturated carbocycles. The molecule has 0 radical (unpaired) electrons. The molecular weight excluding hydrogens is 133 g/mol. The third-order valence-corrected chi connectivity index (χ3v) is 1.61. The monoisotopic (exact) mass is 142 g/mol. The molecule has 0 spiro atoms. The molecule has 1 rings (SSSR count). The Hall–Kier alpha value is -0.595. The van der Waals surface area contributed by atoms with E-state index in [0.717, 1.165) is 0 Å². The molecule has 1 atom stereocenters. The molecule has 0 N–H and O–H groups in total. The third-order valence-electron chi connectivity index (χ3n) is 1.61. The van der Waals surface area contributed by atoms with Crippen LogP contribution in [0.3, 0.4) is 0 Å². The normalized spacial score (nSPS) is 25.6. The molecule has 10 heavy (non-hydrogen) atoms. The fourth-order valence-corrected chi connectivity index (χ4v) is 0.991. The molecule has 0 aromatic rings. The van der Waals surface area contributed by atoms with E-state index in [0.29, 0.717) is 11.9 Å². The van der Waals surface area contributed by atoms with Crippen molar-refractivity contribution in [2.75, 3.05) is 0 Å². The first kappa shape index (κ1) is 7.51. The maximum absolute atomic E-state index is 12.7. The first-order valence-corrected chi connectivity index (χ1v) is 3.44. The largest absolute Gasteiger partial charge is 0.242 e. The Kier molecular flexibility index (Phi) is 2.25. The number of hydrogen-bond acceptors (Lipinski definition) is 0. The maximum Gasteiger partial charge on any atom is 0.125 e. The summed E-state index contributed by atoms with van der Waals surface area (Å²) in [6, 6.07) is 0. The summed E-state index contributed by atoms with van der Waals surface area (Å²) in [6.45, 7) is 0. The van der Waals surface area contributed by atoms with Crippen LogP contribution in [0.4, 0.5) is 8.78 Å². The van der Waals surface area contributed by atoms with Crippen molar-refractivity contribution in [3.05, 3.63) is 23.6 Å². The fourth-order valence-electron chi connectivity index (χ4n) is 0.991. The van der Waals surface area contributed by atoms with E-state index in [9.17, 15) is 8.78 Å². The van der Waals surface area contributed by atoms with Crippen molar-refractivity contribution in [3.8, 4) is 0 Å². The highest BCUT2D eigenvalue weighted by Gasteiger charge is 2.13. The molecule has 0 aromatic heterocycles. The van der Waals surface area contributed by atoms with E-state index in [1.54, 1.807) is 0 Å². The summed E-state index contributed by atoms with van der Waals surface area (Å²) in [7, 11) is 1.86. The van der Waals surface area contributed by atoms with Gasteiger partial charge in [-0.1, -0.05) is 12.4 Å². The van der Waals surface area contributed by atoms with E-state index in [4.69, 9.17) is 0 Å². The second kappa shape index (κ2) is 2.99. The quantitative estimate of drug-likeness (QED) is 0.487. The van der Waals surface area contributed by atoms with Gasteiger partial charge in [-0.15, -0.1) is 0 Å². The lowest BCUT2D eigenvalue weighted by molar-refractivity contribution is 0.366. The van der Waals surface area contributed by atoms with Gasteiger partial charge >= 0.3 is 0 Å². The van der Waals surface area contributed by atoms with Crippen LogP contribution in [0.1, 0.15) is 6.42 Å². The van der Waals surface area contributed by atoms with Crippen molar-refractivity contribution in [3.63, 3.8) is 0 Å². The fraction of sp³-hybridized carbons (Fsp3) is 0.429. The summed E-state index contributed by atoms with van der Waals surface area (Å²) >= 11 is 0. The number of alkyl halides is 1. The average Bonchev–Trinajstić information content (AvgIpc) is 1.88. The predicted octanol–water partition coefficient (Wildman–Crippen LogP) is 1.56. The lowest BCUT2D eigenvalue weighted by atomic mass is 9.92. The molecule has 0 saturated heterocycles. The molecular formula is C7H9BF2. The molecule has 0 nitrogen and oxygen atoms in total. The van der Waals surface area contributed by atoms with Crippen LogP contribution in [-0.2, 0) is 0 Å². The molecule has 1 aliphatic rings. The van der Waals surface area contributed by atoms with Crippen molar-refractivity contribution < 1.29 is 8.78 Å². The van der Waals surface area contributed by atoms with Gasteiger partial charge in [-0.25, -0.2) is 8.78 Å². The highest BCUT2D eigenvalue weighted by atomic mass is 19.1. The van der Waals surface area contributed by atoms with Gasteiger partial charge < -0.3 is 0 Å². The number of hydrogen-bond donors (Lipinski definition) is 0. The third kappa shape index (κ3) is 1.46. The van der Waals surface area contributed by atoms with Crippen LogP contribution in [0.5, 0.6) is 0 Å². The Labute approximate surface area is 60.0 Å². The molecule has 0 amide bonds. The van der Waals surface area contributed by atoms with Gasteiger partial charge in [-0.2, -0.15) is 0 Å². The van der Waals surface area contributed by atoms with E-state index in [-0.39, 0.29) is 12.2 Å². The Morgan fingerprint density at radius 1 is 1.70 bits per heavy atom. The molecule has 0 bridgehead atoms. The average molecular weight is 142 g/mol. The van der Waals surface area contributed by atoms with Crippen LogP contribution >= 0.6 is 0 Å². The van der Waals surface area contributed by atoms with Crippen molar-refractivity contribution in [1.82, 2.24) is 0 Å². The topological polar surface area (TPSA) is 0 Å². The van der Waals surface area contributed by atoms with Gasteiger partial charge in [0.15, 0.2) is 0 Å². The molecule has 54 valence electrons. The lowest BCUT2D eigenvalue weighted by Crippen LogP contribution is -2.02. The smallest absolute Gasteiger partial charge is 0.125 e. The summed E-state index contributed by atoms with van der Waals surface area (Å²) in [5.41, 5.74) is 0.633. The minimum Gasteiger partial charge on any atom is -0.242 e. The Morgan fingerprint density at radius 3 is 2.90 bits per heavy atom. The number of halogens is 2. The maximum atomic E-state index is 12.7. The van der Waals surface area contributed by atoms with Crippen molar-refractivity contribution in [2.24, 2.45) is 0 Å². The first-order valence-electron chi connectivity index (χ1n) is 3.44. The zero-order valence-corrected chi connectivity index (χ0v) is 5.90. The minimum absolute atomic E-state index is 0.0698. The van der Waals surface area contributed by atoms with Gasteiger partial charge in [0.25, 0.3) is 0 Å². The standard InChI is InChI=1S/C7H9BF2/c8-4-5-1-2-6(9)3-7(5)10/h1-2,6H,3-4,8H2. The summed E-state index contributed by atoms with van der Waals surface area (Å²) in [5, 5.41) is 0. The summed E-state index contributed by atoms with van der Waals surface area (Å²) < 4.78 is 25.1. The van der Waals surface area contributed by atoms with E-state index in [1.807, 2.05) is 7.85 Å². The van der Waals surface area contributed by atoms with Crippen molar-refractivity contribution >= 4 is 7.85 Å². The summed E-state index contributed by atoms with van der Waals surface area (Å²) in [5.74, 6) is -0.294.